The minimum absolute atomic E-state index is 0.0535. The van der Waals surface area contributed by atoms with Gasteiger partial charge in [0.05, 0.1) is 20.3 Å². The number of ether oxygens (including phenoxy) is 2. The van der Waals surface area contributed by atoms with Gasteiger partial charge < -0.3 is 19.7 Å². The number of hydrogen-bond acceptors (Lipinski definition) is 6. The zero-order valence-corrected chi connectivity index (χ0v) is 23.6. The number of carbonyl (C=O) groups excluding carboxylic acids is 1. The van der Waals surface area contributed by atoms with Crippen molar-refractivity contribution in [3.05, 3.63) is 35.5 Å². The van der Waals surface area contributed by atoms with Gasteiger partial charge in [0.25, 0.3) is 5.91 Å². The molecular weight excluding hydrogens is 535 g/mol. The Kier molecular flexibility index (Phi) is 6.63. The number of amides is 1. The summed E-state index contributed by atoms with van der Waals surface area (Å²) in [4.78, 5) is 17.9. The first-order valence-corrected chi connectivity index (χ1v) is 14.9. The van der Waals surface area contributed by atoms with Gasteiger partial charge in [0, 0.05) is 44.7 Å². The molecule has 222 valence electrons. The topological polar surface area (TPSA) is 71.9 Å². The molecule has 0 spiro atoms. The van der Waals surface area contributed by atoms with Crippen LogP contribution in [0.4, 0.5) is 19.0 Å². The van der Waals surface area contributed by atoms with Crippen LogP contribution in [0.15, 0.2) is 24.3 Å². The van der Waals surface area contributed by atoms with Gasteiger partial charge in [-0.3, -0.25) is 9.69 Å². The Balaban J connectivity index is 1.07. The molecular formula is C30H38F3N5O3. The highest BCUT2D eigenvalue weighted by Crippen LogP contribution is 2.55. The summed E-state index contributed by atoms with van der Waals surface area (Å²) in [5.41, 5.74) is 0.691. The average Bonchev–Trinajstić information content (AvgIpc) is 3.39. The third-order valence-electron chi connectivity index (χ3n) is 10.4. The van der Waals surface area contributed by atoms with Crippen LogP contribution in [0.3, 0.4) is 0 Å². The van der Waals surface area contributed by atoms with E-state index in [0.29, 0.717) is 36.2 Å². The molecule has 2 atom stereocenters. The van der Waals surface area contributed by atoms with E-state index in [0.717, 1.165) is 41.4 Å². The van der Waals surface area contributed by atoms with Crippen LogP contribution in [-0.2, 0) is 0 Å². The summed E-state index contributed by atoms with van der Waals surface area (Å²) >= 11 is 0. The second-order valence-electron chi connectivity index (χ2n) is 12.7. The van der Waals surface area contributed by atoms with Gasteiger partial charge in [0.15, 0.2) is 23.2 Å². The van der Waals surface area contributed by atoms with Gasteiger partial charge in [-0.2, -0.15) is 18.3 Å². The molecule has 4 aliphatic carbocycles. The molecule has 4 saturated carbocycles. The molecule has 4 bridgehead atoms. The minimum atomic E-state index is -4.53. The van der Waals surface area contributed by atoms with Crippen LogP contribution in [-0.4, -0.2) is 78.1 Å². The molecule has 0 radical (unpaired) electrons. The molecule has 8 nitrogen and oxygen atoms in total. The van der Waals surface area contributed by atoms with E-state index in [1.54, 1.807) is 23.1 Å². The van der Waals surface area contributed by atoms with Crippen molar-refractivity contribution in [3.63, 3.8) is 0 Å². The third-order valence-corrected chi connectivity index (χ3v) is 10.4. The molecule has 3 heterocycles. The molecule has 1 saturated heterocycles. The van der Waals surface area contributed by atoms with Gasteiger partial charge in [-0.25, -0.2) is 4.68 Å². The Bertz CT molecular complexity index is 1280. The van der Waals surface area contributed by atoms with Crippen LogP contribution in [0, 0.1) is 23.7 Å². The van der Waals surface area contributed by atoms with Crippen LogP contribution in [0.1, 0.15) is 66.7 Å². The maximum Gasteiger partial charge on any atom is 0.410 e. The Hall–Kier alpha value is -2.95. The van der Waals surface area contributed by atoms with Gasteiger partial charge in [0.1, 0.15) is 5.82 Å². The first-order valence-electron chi connectivity index (χ1n) is 14.9. The molecule has 2 unspecified atom stereocenters. The lowest BCUT2D eigenvalue weighted by Crippen LogP contribution is -2.60. The molecule has 41 heavy (non-hydrogen) atoms. The minimum Gasteiger partial charge on any atom is -0.493 e. The van der Waals surface area contributed by atoms with Gasteiger partial charge in [0.2, 0.25) is 0 Å². The van der Waals surface area contributed by atoms with E-state index >= 15 is 0 Å². The fourth-order valence-electron chi connectivity index (χ4n) is 8.84. The number of alkyl halides is 3. The largest absolute Gasteiger partial charge is 0.493 e. The summed E-state index contributed by atoms with van der Waals surface area (Å²) in [5.74, 6) is 4.25. The summed E-state index contributed by atoms with van der Waals surface area (Å²) < 4.78 is 54.3. The second-order valence-corrected chi connectivity index (χ2v) is 12.7. The summed E-state index contributed by atoms with van der Waals surface area (Å²) in [6.07, 6.45) is 2.07. The van der Waals surface area contributed by atoms with E-state index in [4.69, 9.17) is 9.47 Å². The van der Waals surface area contributed by atoms with Crippen molar-refractivity contribution in [1.29, 1.82) is 0 Å². The van der Waals surface area contributed by atoms with Gasteiger partial charge >= 0.3 is 6.18 Å². The predicted molar refractivity (Wildman–Crippen MR) is 146 cm³/mol. The zero-order chi connectivity index (χ0) is 28.5. The first kappa shape index (κ1) is 26.9. The molecule has 1 N–H and O–H groups in total. The van der Waals surface area contributed by atoms with Gasteiger partial charge in [-0.05, 0) is 73.5 Å². The van der Waals surface area contributed by atoms with Gasteiger partial charge in [-0.15, -0.1) is 0 Å². The number of nitrogens with one attached hydrogen (secondary N) is 1. The highest BCUT2D eigenvalue weighted by atomic mass is 19.4. The van der Waals surface area contributed by atoms with E-state index in [9.17, 15) is 18.0 Å². The summed E-state index contributed by atoms with van der Waals surface area (Å²) in [7, 11) is 3.00. The molecule has 8 rings (SSSR count). The van der Waals surface area contributed by atoms with Crippen molar-refractivity contribution in [2.45, 2.75) is 62.8 Å². The van der Waals surface area contributed by atoms with E-state index in [1.807, 2.05) is 0 Å². The number of anilines is 1. The number of piperazine rings is 1. The highest BCUT2D eigenvalue weighted by Gasteiger charge is 2.51. The summed E-state index contributed by atoms with van der Waals surface area (Å²) in [6, 6.07) is 4.70. The Morgan fingerprint density at radius 1 is 0.902 bits per heavy atom. The van der Waals surface area contributed by atoms with E-state index < -0.39 is 18.3 Å². The number of fused-ring (bicyclic) bond motifs is 1. The van der Waals surface area contributed by atoms with Crippen molar-refractivity contribution in [1.82, 2.24) is 19.6 Å². The maximum absolute atomic E-state index is 14.2. The molecule has 2 aromatic rings. The normalized spacial score (nSPS) is 32.9. The van der Waals surface area contributed by atoms with Crippen molar-refractivity contribution >= 4 is 11.7 Å². The molecule has 1 aromatic carbocycles. The quantitative estimate of drug-likeness (QED) is 0.534. The van der Waals surface area contributed by atoms with Crippen molar-refractivity contribution in [2.75, 3.05) is 45.7 Å². The van der Waals surface area contributed by atoms with Crippen molar-refractivity contribution in [3.8, 4) is 11.5 Å². The van der Waals surface area contributed by atoms with Gasteiger partial charge in [-0.1, -0.05) is 6.07 Å². The third kappa shape index (κ3) is 4.73. The maximum atomic E-state index is 14.2. The fourth-order valence-corrected chi connectivity index (χ4v) is 8.84. The molecule has 1 amide bonds. The van der Waals surface area contributed by atoms with Crippen LogP contribution in [0.5, 0.6) is 11.5 Å². The van der Waals surface area contributed by atoms with E-state index in [1.165, 1.54) is 52.4 Å². The lowest BCUT2D eigenvalue weighted by Gasteiger charge is -2.58. The van der Waals surface area contributed by atoms with E-state index in [2.05, 4.69) is 15.3 Å². The van der Waals surface area contributed by atoms with E-state index in [-0.39, 0.29) is 23.8 Å². The highest BCUT2D eigenvalue weighted by molar-refractivity contribution is 5.93. The smallest absolute Gasteiger partial charge is 0.410 e. The molecule has 5 fully saturated rings. The fraction of sp³-hybridized carbons (Fsp3) is 0.667. The lowest BCUT2D eigenvalue weighted by atomic mass is 9.54. The number of methoxy groups -OCH3 is 2. The predicted octanol–water partition coefficient (Wildman–Crippen LogP) is 5.14. The summed E-state index contributed by atoms with van der Waals surface area (Å²) in [5, 5.41) is 7.40. The SMILES string of the molecule is COc1ccc(C2CC(C(F)(F)F)n3nc(C(=O)N4CCN(C5C6CC7CC(C6)CC5C7)CC4)cc3N2)cc1OC. The number of benzene rings is 1. The molecule has 6 aliphatic rings. The zero-order valence-electron chi connectivity index (χ0n) is 23.6. The number of carbonyl (C=O) groups is 1. The Labute approximate surface area is 238 Å². The average molecular weight is 574 g/mol. The molecule has 2 aliphatic heterocycles. The molecule has 1 aromatic heterocycles. The van der Waals surface area contributed by atoms with Crippen molar-refractivity contribution < 1.29 is 27.4 Å². The monoisotopic (exact) mass is 573 g/mol. The standard InChI is InChI=1S/C30H38F3N5O3/c1-40-24-4-3-19(14-25(24)41-2)22-15-26(30(31,32)33)38-27(34-22)16-23(35-38)29(39)37-7-5-36(6-8-37)28-20-10-17-9-18(12-20)13-21(28)11-17/h3-4,14,16-18,20-22,26,28,34H,5-13,15H2,1-2H3. The van der Waals surface area contributed by atoms with Crippen molar-refractivity contribution in [2.24, 2.45) is 23.7 Å². The molecule has 11 heteroatoms. The second kappa shape index (κ2) is 10.1. The first-order chi connectivity index (χ1) is 19.7. The Morgan fingerprint density at radius 2 is 1.56 bits per heavy atom. The van der Waals surface area contributed by atoms with Crippen LogP contribution >= 0.6 is 0 Å². The number of aromatic nitrogens is 2. The Morgan fingerprint density at radius 3 is 2.17 bits per heavy atom. The summed E-state index contributed by atoms with van der Waals surface area (Å²) in [6.45, 7) is 2.79. The van der Waals surface area contributed by atoms with Crippen LogP contribution in [0.2, 0.25) is 0 Å². The van der Waals surface area contributed by atoms with Crippen LogP contribution < -0.4 is 14.8 Å². The number of rotatable bonds is 5. The van der Waals surface area contributed by atoms with Crippen LogP contribution in [0.25, 0.3) is 0 Å². The lowest BCUT2D eigenvalue weighted by molar-refractivity contribution is -0.173. The number of nitrogens with zero attached hydrogens (tertiary/aromatic N) is 4. The number of halogens is 3. The number of hydrogen-bond donors (Lipinski definition) is 1.